The van der Waals surface area contributed by atoms with Gasteiger partial charge in [0.2, 0.25) is 0 Å². The van der Waals surface area contributed by atoms with Crippen LogP contribution in [0, 0.1) is 0 Å². The molecule has 0 unspecified atom stereocenters. The molecule has 1 N–H and O–H groups in total. The Kier molecular flexibility index (Phi) is 5.94. The summed E-state index contributed by atoms with van der Waals surface area (Å²) in [6.45, 7) is 7.41. The lowest BCUT2D eigenvalue weighted by molar-refractivity contribution is -0.134. The Morgan fingerprint density at radius 1 is 0.875 bits per heavy atom. The Morgan fingerprint density at radius 2 is 1.25 bits per heavy atom. The molecule has 0 aliphatic rings. The number of rotatable bonds is 8. The van der Waals surface area contributed by atoms with Crippen LogP contribution in [0.4, 0.5) is 0 Å². The van der Waals surface area contributed by atoms with Gasteiger partial charge in [-0.3, -0.25) is 4.79 Å². The zero-order valence-electron chi connectivity index (χ0n) is 13.5. The first-order valence-corrected chi connectivity index (χ1v) is 9.92. The van der Waals surface area contributed by atoms with Gasteiger partial charge in [-0.05, 0) is 22.3 Å². The van der Waals surface area contributed by atoms with Crippen LogP contribution in [0.15, 0.2) is 61.7 Å². The molecular weight excluding hydrogens is 319 g/mol. The summed E-state index contributed by atoms with van der Waals surface area (Å²) >= 11 is 0. The third-order valence-electron chi connectivity index (χ3n) is 3.80. The molecule has 0 spiro atoms. The molecule has 24 heavy (non-hydrogen) atoms. The summed E-state index contributed by atoms with van der Waals surface area (Å²) in [5, 5.41) is 9.17. The maximum absolute atomic E-state index is 13.3. The number of carboxylic acids is 1. The number of hydrogen-bond acceptors (Lipinski definition) is 2. The summed E-state index contributed by atoms with van der Waals surface area (Å²) in [7, 11) is -2.92. The predicted octanol–water partition coefficient (Wildman–Crippen LogP) is 5.12. The number of aliphatic carboxylic acids is 1. The lowest BCUT2D eigenvalue weighted by atomic mass is 10.1. The van der Waals surface area contributed by atoms with Gasteiger partial charge in [0.15, 0.2) is 0 Å². The van der Waals surface area contributed by atoms with E-state index in [0.717, 1.165) is 22.3 Å². The topological polar surface area (TPSA) is 54.4 Å². The molecule has 4 heteroatoms. The van der Waals surface area contributed by atoms with Crippen molar-refractivity contribution in [3.63, 3.8) is 0 Å². The van der Waals surface area contributed by atoms with E-state index in [1.807, 2.05) is 48.5 Å². The van der Waals surface area contributed by atoms with E-state index in [-0.39, 0.29) is 18.5 Å². The zero-order chi connectivity index (χ0) is 17.6. The minimum atomic E-state index is -2.92. The highest BCUT2D eigenvalue weighted by Gasteiger charge is 2.26. The third-order valence-corrected chi connectivity index (χ3v) is 6.53. The molecule has 3 nitrogen and oxygen atoms in total. The van der Waals surface area contributed by atoms with E-state index in [2.05, 4.69) is 13.2 Å². The molecule has 0 fully saturated rings. The molecule has 0 bridgehead atoms. The highest BCUT2D eigenvalue weighted by atomic mass is 31.2. The second-order valence-corrected chi connectivity index (χ2v) is 8.88. The van der Waals surface area contributed by atoms with Crippen LogP contribution in [-0.2, 0) is 21.7 Å². The van der Waals surface area contributed by atoms with Crippen molar-refractivity contribution in [1.82, 2.24) is 0 Å². The zero-order valence-corrected chi connectivity index (χ0v) is 14.4. The molecule has 0 radical (unpaired) electrons. The fraction of sp³-hybridized carbons (Fsp3) is 0.150. The van der Waals surface area contributed by atoms with Crippen LogP contribution in [0.2, 0.25) is 0 Å². The minimum Gasteiger partial charge on any atom is -0.481 e. The highest BCUT2D eigenvalue weighted by Crippen LogP contribution is 2.52. The maximum Gasteiger partial charge on any atom is 0.310 e. The van der Waals surface area contributed by atoms with Gasteiger partial charge in [0.05, 0.1) is 6.16 Å². The SMILES string of the molecule is C=Cc1ccc(CP(=O)(CC(=O)O)Cc2ccc(C=C)cc2)cc1. The Bertz CT molecular complexity index is 716. The van der Waals surface area contributed by atoms with Crippen molar-refractivity contribution in [3.05, 3.63) is 83.9 Å². The Labute approximate surface area is 142 Å². The summed E-state index contributed by atoms with van der Waals surface area (Å²) in [6, 6.07) is 15.1. The van der Waals surface area contributed by atoms with Gasteiger partial charge in [0.25, 0.3) is 0 Å². The van der Waals surface area contributed by atoms with Gasteiger partial charge in [0, 0.05) is 12.3 Å². The number of carbonyl (C=O) groups is 1. The monoisotopic (exact) mass is 340 g/mol. The van der Waals surface area contributed by atoms with E-state index < -0.39 is 13.1 Å². The van der Waals surface area contributed by atoms with Gasteiger partial charge in [-0.1, -0.05) is 73.8 Å². The normalized spacial score (nSPS) is 11.0. The molecule has 0 aliphatic carbocycles. The molecule has 2 aromatic carbocycles. The van der Waals surface area contributed by atoms with Gasteiger partial charge < -0.3 is 9.67 Å². The number of benzene rings is 2. The molecule has 0 heterocycles. The average molecular weight is 340 g/mol. The summed E-state index contributed by atoms with van der Waals surface area (Å²) < 4.78 is 13.3. The minimum absolute atomic E-state index is 0.278. The second kappa shape index (κ2) is 7.94. The highest BCUT2D eigenvalue weighted by molar-refractivity contribution is 7.63. The maximum atomic E-state index is 13.3. The lowest BCUT2D eigenvalue weighted by Gasteiger charge is -2.17. The van der Waals surface area contributed by atoms with Gasteiger partial charge >= 0.3 is 5.97 Å². The summed E-state index contributed by atoms with van der Waals surface area (Å²) in [6.07, 6.45) is 3.73. The lowest BCUT2D eigenvalue weighted by Crippen LogP contribution is -2.07. The first-order chi connectivity index (χ1) is 11.4. The Balaban J connectivity index is 2.23. The van der Waals surface area contributed by atoms with Gasteiger partial charge in [-0.15, -0.1) is 0 Å². The average Bonchev–Trinajstić information content (AvgIpc) is 2.55. The van der Waals surface area contributed by atoms with Gasteiger partial charge in [-0.2, -0.15) is 0 Å². The van der Waals surface area contributed by atoms with E-state index in [9.17, 15) is 14.5 Å². The quantitative estimate of drug-likeness (QED) is 0.679. The van der Waals surface area contributed by atoms with E-state index in [4.69, 9.17) is 0 Å². The van der Waals surface area contributed by atoms with E-state index in [0.29, 0.717) is 0 Å². The third kappa shape index (κ3) is 5.07. The predicted molar refractivity (Wildman–Crippen MR) is 101 cm³/mol. The molecule has 0 atom stereocenters. The van der Waals surface area contributed by atoms with Crippen molar-refractivity contribution in [1.29, 1.82) is 0 Å². The first-order valence-electron chi connectivity index (χ1n) is 7.66. The van der Waals surface area contributed by atoms with Crippen LogP contribution in [0.25, 0.3) is 12.2 Å². The molecule has 0 saturated carbocycles. The van der Waals surface area contributed by atoms with Crippen LogP contribution >= 0.6 is 7.14 Å². The molecule has 2 aromatic rings. The van der Waals surface area contributed by atoms with Gasteiger partial charge in [-0.25, -0.2) is 0 Å². The fourth-order valence-electron chi connectivity index (χ4n) is 2.60. The smallest absolute Gasteiger partial charge is 0.310 e. The molecule has 0 aromatic heterocycles. The van der Waals surface area contributed by atoms with E-state index in [1.165, 1.54) is 0 Å². The Hall–Kier alpha value is -2.38. The van der Waals surface area contributed by atoms with Crippen LogP contribution in [-0.4, -0.2) is 17.2 Å². The molecule has 124 valence electrons. The van der Waals surface area contributed by atoms with Crippen LogP contribution in [0.3, 0.4) is 0 Å². The Morgan fingerprint density at radius 3 is 1.54 bits per heavy atom. The number of carboxylic acid groups (broad SMARTS) is 1. The molecule has 0 saturated heterocycles. The van der Waals surface area contributed by atoms with E-state index >= 15 is 0 Å². The van der Waals surface area contributed by atoms with E-state index in [1.54, 1.807) is 12.2 Å². The summed E-state index contributed by atoms with van der Waals surface area (Å²) in [5.41, 5.74) is 3.72. The van der Waals surface area contributed by atoms with Gasteiger partial charge in [0.1, 0.15) is 7.14 Å². The first kappa shape index (κ1) is 18.0. The van der Waals surface area contributed by atoms with Crippen LogP contribution in [0.1, 0.15) is 22.3 Å². The van der Waals surface area contributed by atoms with Crippen molar-refractivity contribution < 1.29 is 14.5 Å². The largest absolute Gasteiger partial charge is 0.481 e. The second-order valence-electron chi connectivity index (χ2n) is 5.82. The fourth-order valence-corrected chi connectivity index (χ4v) is 5.18. The molecule has 2 rings (SSSR count). The molecule has 0 aliphatic heterocycles. The van der Waals surface area contributed by atoms with Crippen molar-refractivity contribution in [2.24, 2.45) is 0 Å². The van der Waals surface area contributed by atoms with Crippen LogP contribution < -0.4 is 0 Å². The van der Waals surface area contributed by atoms with Crippen molar-refractivity contribution >= 4 is 25.3 Å². The summed E-state index contributed by atoms with van der Waals surface area (Å²) in [4.78, 5) is 11.2. The molecular formula is C20H21O3P. The van der Waals surface area contributed by atoms with Crippen molar-refractivity contribution in [3.8, 4) is 0 Å². The van der Waals surface area contributed by atoms with Crippen molar-refractivity contribution in [2.75, 3.05) is 6.16 Å². The summed E-state index contributed by atoms with van der Waals surface area (Å²) in [5.74, 6) is -1.02. The number of hydrogen-bond donors (Lipinski definition) is 1. The van der Waals surface area contributed by atoms with Crippen LogP contribution in [0.5, 0.6) is 0 Å². The standard InChI is InChI=1S/C20H21O3P/c1-3-16-5-9-18(10-6-16)13-24(23,15-20(21)22)14-19-11-7-17(4-2)8-12-19/h3-12H,1-2,13-15H2,(H,21,22). The molecule has 0 amide bonds. The van der Waals surface area contributed by atoms with Crippen molar-refractivity contribution in [2.45, 2.75) is 12.3 Å².